The van der Waals surface area contributed by atoms with E-state index in [4.69, 9.17) is 10.5 Å². The van der Waals surface area contributed by atoms with Crippen molar-refractivity contribution in [3.8, 4) is 5.75 Å². The van der Waals surface area contributed by atoms with Crippen LogP contribution in [0.3, 0.4) is 0 Å². The molecule has 1 heterocycles. The molecule has 1 fully saturated rings. The highest BCUT2D eigenvalue weighted by molar-refractivity contribution is 5.99. The molecule has 1 amide bonds. The number of hydrogen-bond acceptors (Lipinski definition) is 4. The lowest BCUT2D eigenvalue weighted by Gasteiger charge is -2.15. The van der Waals surface area contributed by atoms with E-state index in [1.54, 1.807) is 25.3 Å². The number of nitrogen functional groups attached to an aromatic ring is 1. The topological polar surface area (TPSA) is 67.6 Å². The fourth-order valence-electron chi connectivity index (χ4n) is 2.30. The average molecular weight is 263 g/mol. The van der Waals surface area contributed by atoms with Crippen molar-refractivity contribution in [1.82, 2.24) is 10.2 Å². The molecule has 0 unspecified atom stereocenters. The number of carbonyl (C=O) groups excluding carboxylic acids is 1. The van der Waals surface area contributed by atoms with E-state index in [0.717, 1.165) is 19.6 Å². The van der Waals surface area contributed by atoms with Crippen LogP contribution in [-0.2, 0) is 0 Å². The van der Waals surface area contributed by atoms with Crippen molar-refractivity contribution < 1.29 is 9.53 Å². The van der Waals surface area contributed by atoms with Crippen molar-refractivity contribution in [2.45, 2.75) is 12.8 Å². The molecule has 1 aromatic carbocycles. The molecule has 0 radical (unpaired) electrons. The fraction of sp³-hybridized carbons (Fsp3) is 0.500. The summed E-state index contributed by atoms with van der Waals surface area (Å²) in [4.78, 5) is 14.3. The number of amides is 1. The van der Waals surface area contributed by atoms with Gasteiger partial charge in [0.05, 0.1) is 12.7 Å². The molecule has 5 heteroatoms. The van der Waals surface area contributed by atoms with Crippen LogP contribution in [0.5, 0.6) is 5.75 Å². The molecule has 1 aliphatic rings. The number of methoxy groups -OCH3 is 1. The van der Waals surface area contributed by atoms with Crippen LogP contribution in [0.2, 0.25) is 0 Å². The first-order valence-electron chi connectivity index (χ1n) is 6.65. The normalized spacial score (nSPS) is 15.4. The number of rotatable bonds is 5. The molecule has 0 spiro atoms. The summed E-state index contributed by atoms with van der Waals surface area (Å²) in [7, 11) is 1.57. The fourth-order valence-corrected chi connectivity index (χ4v) is 2.30. The third-order valence-electron chi connectivity index (χ3n) is 3.42. The SMILES string of the molecule is COc1ccc(C(=O)NCCN2CCCC2)c(N)c1. The van der Waals surface area contributed by atoms with Gasteiger partial charge in [0.25, 0.3) is 5.91 Å². The van der Waals surface area contributed by atoms with Crippen LogP contribution in [0, 0.1) is 0 Å². The Morgan fingerprint density at radius 2 is 2.16 bits per heavy atom. The third-order valence-corrected chi connectivity index (χ3v) is 3.42. The van der Waals surface area contributed by atoms with Gasteiger partial charge in [0.1, 0.15) is 5.75 Å². The van der Waals surface area contributed by atoms with Crippen LogP contribution in [0.4, 0.5) is 5.69 Å². The van der Waals surface area contributed by atoms with Crippen LogP contribution in [-0.4, -0.2) is 44.1 Å². The summed E-state index contributed by atoms with van der Waals surface area (Å²) in [5.41, 5.74) is 6.79. The van der Waals surface area contributed by atoms with E-state index in [1.165, 1.54) is 12.8 Å². The van der Waals surface area contributed by atoms with Crippen molar-refractivity contribution in [1.29, 1.82) is 0 Å². The van der Waals surface area contributed by atoms with E-state index in [-0.39, 0.29) is 5.91 Å². The molecule has 1 aliphatic heterocycles. The van der Waals surface area contributed by atoms with Crippen LogP contribution < -0.4 is 15.8 Å². The van der Waals surface area contributed by atoms with Crippen molar-refractivity contribution in [3.05, 3.63) is 23.8 Å². The average Bonchev–Trinajstić information content (AvgIpc) is 2.91. The van der Waals surface area contributed by atoms with E-state index in [2.05, 4.69) is 10.2 Å². The van der Waals surface area contributed by atoms with Gasteiger partial charge in [0.2, 0.25) is 0 Å². The van der Waals surface area contributed by atoms with E-state index < -0.39 is 0 Å². The zero-order valence-electron chi connectivity index (χ0n) is 11.3. The van der Waals surface area contributed by atoms with Crippen molar-refractivity contribution in [2.75, 3.05) is 39.0 Å². The molecule has 0 aliphatic carbocycles. The smallest absolute Gasteiger partial charge is 0.253 e. The quantitative estimate of drug-likeness (QED) is 0.781. The van der Waals surface area contributed by atoms with Gasteiger partial charge in [0.15, 0.2) is 0 Å². The number of anilines is 1. The Morgan fingerprint density at radius 1 is 1.42 bits per heavy atom. The van der Waals surface area contributed by atoms with Crippen molar-refractivity contribution in [2.24, 2.45) is 0 Å². The van der Waals surface area contributed by atoms with Gasteiger partial charge in [-0.25, -0.2) is 0 Å². The molecular weight excluding hydrogens is 242 g/mol. The zero-order valence-corrected chi connectivity index (χ0v) is 11.3. The summed E-state index contributed by atoms with van der Waals surface area (Å²) in [6, 6.07) is 5.10. The predicted octanol–water partition coefficient (Wildman–Crippen LogP) is 1.10. The lowest BCUT2D eigenvalue weighted by Crippen LogP contribution is -2.33. The van der Waals surface area contributed by atoms with Gasteiger partial charge >= 0.3 is 0 Å². The molecule has 1 aromatic rings. The summed E-state index contributed by atoms with van der Waals surface area (Å²) in [5, 5.41) is 2.90. The standard InChI is InChI=1S/C14H21N3O2/c1-19-11-4-5-12(13(15)10-11)14(18)16-6-9-17-7-2-3-8-17/h4-5,10H,2-3,6-9,15H2,1H3,(H,16,18). The largest absolute Gasteiger partial charge is 0.497 e. The van der Waals surface area contributed by atoms with Gasteiger partial charge in [-0.15, -0.1) is 0 Å². The minimum Gasteiger partial charge on any atom is -0.497 e. The monoisotopic (exact) mass is 263 g/mol. The minimum atomic E-state index is -0.126. The maximum absolute atomic E-state index is 12.0. The molecule has 3 N–H and O–H groups in total. The number of nitrogens with one attached hydrogen (secondary N) is 1. The Balaban J connectivity index is 1.85. The summed E-state index contributed by atoms with van der Waals surface area (Å²) < 4.78 is 5.06. The summed E-state index contributed by atoms with van der Waals surface area (Å²) in [6.07, 6.45) is 2.53. The van der Waals surface area contributed by atoms with E-state index in [0.29, 0.717) is 23.5 Å². The summed E-state index contributed by atoms with van der Waals surface area (Å²) >= 11 is 0. The van der Waals surface area contributed by atoms with Gasteiger partial charge in [0, 0.05) is 24.8 Å². The van der Waals surface area contributed by atoms with Crippen LogP contribution in [0.25, 0.3) is 0 Å². The van der Waals surface area contributed by atoms with E-state index in [9.17, 15) is 4.79 Å². The van der Waals surface area contributed by atoms with Gasteiger partial charge in [-0.2, -0.15) is 0 Å². The molecule has 19 heavy (non-hydrogen) atoms. The molecule has 0 saturated carbocycles. The first kappa shape index (κ1) is 13.7. The van der Waals surface area contributed by atoms with Gasteiger partial charge in [-0.1, -0.05) is 0 Å². The molecule has 0 aromatic heterocycles. The molecule has 2 rings (SSSR count). The number of likely N-dealkylation sites (tertiary alicyclic amines) is 1. The Bertz CT molecular complexity index is 442. The van der Waals surface area contributed by atoms with Gasteiger partial charge < -0.3 is 20.7 Å². The van der Waals surface area contributed by atoms with Gasteiger partial charge in [-0.05, 0) is 38.1 Å². The lowest BCUT2D eigenvalue weighted by atomic mass is 10.1. The second-order valence-electron chi connectivity index (χ2n) is 4.76. The first-order chi connectivity index (χ1) is 9.20. The van der Waals surface area contributed by atoms with Crippen LogP contribution in [0.15, 0.2) is 18.2 Å². The summed E-state index contributed by atoms with van der Waals surface area (Å²) in [5.74, 6) is 0.533. The van der Waals surface area contributed by atoms with Gasteiger partial charge in [-0.3, -0.25) is 4.79 Å². The van der Waals surface area contributed by atoms with Crippen LogP contribution in [0.1, 0.15) is 23.2 Å². The second-order valence-corrected chi connectivity index (χ2v) is 4.76. The first-order valence-corrected chi connectivity index (χ1v) is 6.65. The number of nitrogens with zero attached hydrogens (tertiary/aromatic N) is 1. The highest BCUT2D eigenvalue weighted by Gasteiger charge is 2.13. The molecular formula is C14H21N3O2. The predicted molar refractivity (Wildman–Crippen MR) is 75.4 cm³/mol. The second kappa shape index (κ2) is 6.43. The van der Waals surface area contributed by atoms with Crippen molar-refractivity contribution >= 4 is 11.6 Å². The Kier molecular flexibility index (Phi) is 4.63. The maximum atomic E-state index is 12.0. The number of ether oxygens (including phenoxy) is 1. The number of nitrogens with two attached hydrogens (primary N) is 1. The lowest BCUT2D eigenvalue weighted by molar-refractivity contribution is 0.0950. The highest BCUT2D eigenvalue weighted by atomic mass is 16.5. The molecule has 1 saturated heterocycles. The third kappa shape index (κ3) is 3.61. The molecule has 0 atom stereocenters. The van der Waals surface area contributed by atoms with Crippen LogP contribution >= 0.6 is 0 Å². The Hall–Kier alpha value is -1.75. The zero-order chi connectivity index (χ0) is 13.7. The number of hydrogen-bond donors (Lipinski definition) is 2. The maximum Gasteiger partial charge on any atom is 0.253 e. The van der Waals surface area contributed by atoms with E-state index >= 15 is 0 Å². The number of benzene rings is 1. The van der Waals surface area contributed by atoms with Crippen molar-refractivity contribution in [3.63, 3.8) is 0 Å². The number of carbonyl (C=O) groups is 1. The molecule has 104 valence electrons. The Labute approximate surface area is 113 Å². The minimum absolute atomic E-state index is 0.126. The summed E-state index contributed by atoms with van der Waals surface area (Å²) in [6.45, 7) is 3.84. The Morgan fingerprint density at radius 3 is 2.79 bits per heavy atom. The molecule has 5 nitrogen and oxygen atoms in total. The molecule has 0 bridgehead atoms. The highest BCUT2D eigenvalue weighted by Crippen LogP contribution is 2.19. The van der Waals surface area contributed by atoms with E-state index in [1.807, 2.05) is 0 Å².